The average Bonchev–Trinajstić information content (AvgIpc) is 2.63. The third-order valence-corrected chi connectivity index (χ3v) is 2.96. The summed E-state index contributed by atoms with van der Waals surface area (Å²) in [5.41, 5.74) is -0.366. The van der Waals surface area contributed by atoms with Crippen molar-refractivity contribution in [3.8, 4) is 0 Å². The van der Waals surface area contributed by atoms with Gasteiger partial charge in [0, 0.05) is 5.41 Å². The topological polar surface area (TPSA) is 57.6 Å². The minimum Gasteiger partial charge on any atom is -0.389 e. The molecule has 1 saturated heterocycles. The summed E-state index contributed by atoms with van der Waals surface area (Å²) in [4.78, 5) is 25.2. The van der Waals surface area contributed by atoms with Gasteiger partial charge in [-0.15, -0.1) is 0 Å². The van der Waals surface area contributed by atoms with Crippen LogP contribution < -0.4 is 0 Å². The Kier molecular flexibility index (Phi) is 4.21. The molecule has 0 spiro atoms. The first kappa shape index (κ1) is 13.3. The van der Waals surface area contributed by atoms with Crippen LogP contribution in [0.3, 0.4) is 0 Å². The number of likely N-dealkylation sites (tertiary alicyclic amines) is 1. The zero-order valence-electron chi connectivity index (χ0n) is 10.3. The Morgan fingerprint density at radius 3 is 2.50 bits per heavy atom. The number of carbonyl (C=O) groups is 2. The number of aliphatic hydroxyl groups excluding tert-OH is 1. The molecule has 4 nitrogen and oxygen atoms in total. The van der Waals surface area contributed by atoms with Gasteiger partial charge in [0.1, 0.15) is 6.61 Å². The summed E-state index contributed by atoms with van der Waals surface area (Å²) < 4.78 is 0. The maximum absolute atomic E-state index is 12.1. The van der Waals surface area contributed by atoms with Gasteiger partial charge in [0.25, 0.3) is 0 Å². The maximum Gasteiger partial charge on any atom is 0.172 e. The van der Waals surface area contributed by atoms with Gasteiger partial charge in [0.05, 0.1) is 12.6 Å². The van der Waals surface area contributed by atoms with Crippen LogP contribution in [0.15, 0.2) is 0 Å². The smallest absolute Gasteiger partial charge is 0.172 e. The standard InChI is InChI=1S/C12H21NO3/c1-12(2,3)11(16)10-5-4-6-13(10)7-9(15)8-14/h10,14H,4-8H2,1-3H3/t10-/m0/s1. The number of hydrogen-bond acceptors (Lipinski definition) is 4. The van der Waals surface area contributed by atoms with E-state index in [1.807, 2.05) is 25.7 Å². The second kappa shape index (κ2) is 5.06. The van der Waals surface area contributed by atoms with Crippen molar-refractivity contribution in [1.82, 2.24) is 4.90 Å². The quantitative estimate of drug-likeness (QED) is 0.765. The third-order valence-electron chi connectivity index (χ3n) is 2.96. The lowest BCUT2D eigenvalue weighted by Crippen LogP contribution is -2.44. The minimum atomic E-state index is -0.438. The van der Waals surface area contributed by atoms with Gasteiger partial charge >= 0.3 is 0 Å². The lowest BCUT2D eigenvalue weighted by atomic mass is 9.85. The van der Waals surface area contributed by atoms with Gasteiger partial charge in [-0.05, 0) is 19.4 Å². The highest BCUT2D eigenvalue weighted by Gasteiger charge is 2.36. The van der Waals surface area contributed by atoms with Crippen molar-refractivity contribution in [3.63, 3.8) is 0 Å². The average molecular weight is 227 g/mol. The molecule has 0 aliphatic carbocycles. The molecular weight excluding hydrogens is 206 g/mol. The SMILES string of the molecule is CC(C)(C)C(=O)[C@@H]1CCCN1CC(=O)CO. The fourth-order valence-corrected chi connectivity index (χ4v) is 2.09. The van der Waals surface area contributed by atoms with Crippen LogP contribution >= 0.6 is 0 Å². The van der Waals surface area contributed by atoms with Crippen molar-refractivity contribution in [2.45, 2.75) is 39.7 Å². The predicted molar refractivity (Wildman–Crippen MR) is 61.1 cm³/mol. The highest BCUT2D eigenvalue weighted by molar-refractivity contribution is 5.90. The molecule has 0 aromatic rings. The fraction of sp³-hybridized carbons (Fsp3) is 0.833. The summed E-state index contributed by atoms with van der Waals surface area (Å²) in [6.45, 7) is 6.24. The molecule has 0 radical (unpaired) electrons. The molecule has 0 aromatic carbocycles. The Morgan fingerprint density at radius 1 is 1.38 bits per heavy atom. The summed E-state index contributed by atoms with van der Waals surface area (Å²) in [5, 5.41) is 8.72. The van der Waals surface area contributed by atoms with Crippen LogP contribution in [0.5, 0.6) is 0 Å². The van der Waals surface area contributed by atoms with E-state index in [1.165, 1.54) is 0 Å². The summed E-state index contributed by atoms with van der Waals surface area (Å²) in [7, 11) is 0. The molecule has 1 aliphatic heterocycles. The zero-order chi connectivity index (χ0) is 12.3. The van der Waals surface area contributed by atoms with Gasteiger partial charge in [-0.25, -0.2) is 0 Å². The van der Waals surface area contributed by atoms with Crippen molar-refractivity contribution < 1.29 is 14.7 Å². The molecule has 1 heterocycles. The molecule has 0 bridgehead atoms. The Balaban J connectivity index is 2.66. The van der Waals surface area contributed by atoms with E-state index in [1.54, 1.807) is 0 Å². The monoisotopic (exact) mass is 227 g/mol. The molecular formula is C12H21NO3. The molecule has 0 aromatic heterocycles. The van der Waals surface area contributed by atoms with Gasteiger partial charge in [-0.3, -0.25) is 14.5 Å². The van der Waals surface area contributed by atoms with Crippen molar-refractivity contribution in [2.75, 3.05) is 19.7 Å². The fourth-order valence-electron chi connectivity index (χ4n) is 2.09. The van der Waals surface area contributed by atoms with Gasteiger partial charge in [0.15, 0.2) is 11.6 Å². The van der Waals surface area contributed by atoms with E-state index in [0.29, 0.717) is 0 Å². The maximum atomic E-state index is 12.1. The number of nitrogens with zero attached hydrogens (tertiary/aromatic N) is 1. The highest BCUT2D eigenvalue weighted by atomic mass is 16.3. The molecule has 1 N–H and O–H groups in total. The second-order valence-electron chi connectivity index (χ2n) is 5.44. The van der Waals surface area contributed by atoms with E-state index in [4.69, 9.17) is 5.11 Å². The molecule has 4 heteroatoms. The Morgan fingerprint density at radius 2 is 2.00 bits per heavy atom. The van der Waals surface area contributed by atoms with Crippen molar-refractivity contribution in [1.29, 1.82) is 0 Å². The first-order valence-corrected chi connectivity index (χ1v) is 5.77. The van der Waals surface area contributed by atoms with E-state index >= 15 is 0 Å². The lowest BCUT2D eigenvalue weighted by Gasteiger charge is -2.28. The third kappa shape index (κ3) is 3.12. The van der Waals surface area contributed by atoms with Crippen LogP contribution in [0.25, 0.3) is 0 Å². The predicted octanol–water partition coefficient (Wildman–Crippen LogP) is 0.627. The molecule has 1 atom stereocenters. The molecule has 1 fully saturated rings. The largest absolute Gasteiger partial charge is 0.389 e. The number of carbonyl (C=O) groups excluding carboxylic acids is 2. The van der Waals surface area contributed by atoms with Crippen LogP contribution in [0.4, 0.5) is 0 Å². The summed E-state index contributed by atoms with van der Waals surface area (Å²) in [6, 6.07) is -0.143. The summed E-state index contributed by atoms with van der Waals surface area (Å²) >= 11 is 0. The second-order valence-corrected chi connectivity index (χ2v) is 5.44. The van der Waals surface area contributed by atoms with Crippen LogP contribution in [0.2, 0.25) is 0 Å². The normalized spacial score (nSPS) is 22.4. The molecule has 0 unspecified atom stereocenters. The lowest BCUT2D eigenvalue weighted by molar-refractivity contribution is -0.132. The van der Waals surface area contributed by atoms with Crippen molar-refractivity contribution in [3.05, 3.63) is 0 Å². The summed E-state index contributed by atoms with van der Waals surface area (Å²) in [5.74, 6) is -0.0238. The number of ketones is 2. The number of aliphatic hydroxyl groups is 1. The van der Waals surface area contributed by atoms with Gasteiger partial charge < -0.3 is 5.11 Å². The molecule has 0 amide bonds. The number of Topliss-reactive ketones (excluding diaryl/α,β-unsaturated/α-hetero) is 2. The first-order chi connectivity index (χ1) is 7.36. The molecule has 1 rings (SSSR count). The first-order valence-electron chi connectivity index (χ1n) is 5.77. The molecule has 1 aliphatic rings. The molecule has 92 valence electrons. The van der Waals surface area contributed by atoms with Crippen LogP contribution in [0, 0.1) is 5.41 Å². The Bertz CT molecular complexity index is 280. The van der Waals surface area contributed by atoms with E-state index in [0.717, 1.165) is 19.4 Å². The van der Waals surface area contributed by atoms with E-state index in [2.05, 4.69) is 0 Å². The Hall–Kier alpha value is -0.740. The molecule has 16 heavy (non-hydrogen) atoms. The van der Waals surface area contributed by atoms with Crippen molar-refractivity contribution >= 4 is 11.6 Å². The van der Waals surface area contributed by atoms with Gasteiger partial charge in [0.2, 0.25) is 0 Å². The molecule has 0 saturated carbocycles. The Labute approximate surface area is 96.6 Å². The van der Waals surface area contributed by atoms with E-state index in [9.17, 15) is 9.59 Å². The van der Waals surface area contributed by atoms with Gasteiger partial charge in [-0.2, -0.15) is 0 Å². The van der Waals surface area contributed by atoms with Crippen LogP contribution in [0.1, 0.15) is 33.6 Å². The summed E-state index contributed by atoms with van der Waals surface area (Å²) in [6.07, 6.45) is 1.78. The number of rotatable bonds is 4. The number of hydrogen-bond donors (Lipinski definition) is 1. The van der Waals surface area contributed by atoms with Gasteiger partial charge in [-0.1, -0.05) is 20.8 Å². The van der Waals surface area contributed by atoms with Crippen LogP contribution in [-0.2, 0) is 9.59 Å². The van der Waals surface area contributed by atoms with E-state index < -0.39 is 6.61 Å². The minimum absolute atomic E-state index is 0.143. The van der Waals surface area contributed by atoms with Crippen LogP contribution in [-0.4, -0.2) is 47.3 Å². The van der Waals surface area contributed by atoms with E-state index in [-0.39, 0.29) is 29.6 Å². The van der Waals surface area contributed by atoms with Crippen molar-refractivity contribution in [2.24, 2.45) is 5.41 Å². The highest BCUT2D eigenvalue weighted by Crippen LogP contribution is 2.26. The zero-order valence-corrected chi connectivity index (χ0v) is 10.3.